The number of aliphatic hydroxyl groups excluding tert-OH is 1. The van der Waals surface area contributed by atoms with Gasteiger partial charge < -0.3 is 10.4 Å². The van der Waals surface area contributed by atoms with Crippen molar-refractivity contribution in [2.24, 2.45) is 7.05 Å². The Morgan fingerprint density at radius 1 is 1.30 bits per heavy atom. The number of hydrogen-bond acceptors (Lipinski definition) is 4. The Morgan fingerprint density at radius 3 is 2.65 bits per heavy atom. The van der Waals surface area contributed by atoms with Gasteiger partial charge in [-0.2, -0.15) is 5.10 Å². The number of nitrogens with one attached hydrogen (secondary N) is 1. The molecule has 0 saturated carbocycles. The van der Waals surface area contributed by atoms with Gasteiger partial charge in [-0.3, -0.25) is 9.59 Å². The molecule has 1 heterocycles. The minimum Gasteiger partial charge on any atom is -0.389 e. The lowest BCUT2D eigenvalue weighted by Gasteiger charge is -2.12. The van der Waals surface area contributed by atoms with Crippen molar-refractivity contribution in [2.75, 3.05) is 5.32 Å². The van der Waals surface area contributed by atoms with Crippen LogP contribution in [-0.2, 0) is 7.05 Å². The molecule has 1 atom stereocenters. The lowest BCUT2D eigenvalue weighted by molar-refractivity contribution is 0.101. The van der Waals surface area contributed by atoms with E-state index in [1.807, 2.05) is 0 Å². The molecule has 0 aliphatic carbocycles. The highest BCUT2D eigenvalue weighted by molar-refractivity contribution is 6.03. The fourth-order valence-electron chi connectivity index (χ4n) is 1.78. The SMILES string of the molecule is CC(O)c1ccccc1NC(=O)c1ccc(=O)n(C)n1. The number of aliphatic hydroxyl groups is 1. The van der Waals surface area contributed by atoms with Crippen LogP contribution in [0.3, 0.4) is 0 Å². The molecule has 0 bridgehead atoms. The molecular weight excluding hydrogens is 258 g/mol. The smallest absolute Gasteiger partial charge is 0.276 e. The number of para-hydroxylation sites is 1. The number of amides is 1. The molecule has 1 aromatic heterocycles. The second kappa shape index (κ2) is 5.66. The van der Waals surface area contributed by atoms with Crippen molar-refractivity contribution >= 4 is 11.6 Å². The number of nitrogens with zero attached hydrogens (tertiary/aromatic N) is 2. The van der Waals surface area contributed by atoms with E-state index in [0.717, 1.165) is 4.68 Å². The third kappa shape index (κ3) is 2.92. The maximum atomic E-state index is 12.1. The van der Waals surface area contributed by atoms with E-state index in [0.29, 0.717) is 11.3 Å². The van der Waals surface area contributed by atoms with E-state index in [1.54, 1.807) is 31.2 Å². The van der Waals surface area contributed by atoms with Crippen LogP contribution in [0.25, 0.3) is 0 Å². The van der Waals surface area contributed by atoms with Crippen LogP contribution >= 0.6 is 0 Å². The van der Waals surface area contributed by atoms with Crippen molar-refractivity contribution in [3.8, 4) is 0 Å². The Labute approximate surface area is 115 Å². The summed E-state index contributed by atoms with van der Waals surface area (Å²) in [5.74, 6) is -0.436. The summed E-state index contributed by atoms with van der Waals surface area (Å²) in [7, 11) is 1.48. The Hall–Kier alpha value is -2.47. The van der Waals surface area contributed by atoms with E-state index < -0.39 is 12.0 Å². The van der Waals surface area contributed by atoms with Gasteiger partial charge in [-0.25, -0.2) is 4.68 Å². The quantitative estimate of drug-likeness (QED) is 0.876. The van der Waals surface area contributed by atoms with Crippen molar-refractivity contribution in [1.29, 1.82) is 0 Å². The van der Waals surface area contributed by atoms with Crippen LogP contribution in [0.5, 0.6) is 0 Å². The van der Waals surface area contributed by atoms with Gasteiger partial charge >= 0.3 is 0 Å². The molecule has 0 fully saturated rings. The Kier molecular flexibility index (Phi) is 3.95. The van der Waals surface area contributed by atoms with Gasteiger partial charge in [0.15, 0.2) is 0 Å². The van der Waals surface area contributed by atoms with Gasteiger partial charge in [-0.15, -0.1) is 0 Å². The third-order valence-electron chi connectivity index (χ3n) is 2.85. The summed E-state index contributed by atoms with van der Waals surface area (Å²) < 4.78 is 1.09. The van der Waals surface area contributed by atoms with Crippen LogP contribution in [0.1, 0.15) is 29.1 Å². The summed E-state index contributed by atoms with van der Waals surface area (Å²) in [6.45, 7) is 1.62. The zero-order chi connectivity index (χ0) is 14.7. The summed E-state index contributed by atoms with van der Waals surface area (Å²) in [5, 5.41) is 16.2. The van der Waals surface area contributed by atoms with Gasteiger partial charge in [-0.1, -0.05) is 18.2 Å². The van der Waals surface area contributed by atoms with Crippen molar-refractivity contribution in [3.63, 3.8) is 0 Å². The fourth-order valence-corrected chi connectivity index (χ4v) is 1.78. The van der Waals surface area contributed by atoms with Crippen LogP contribution in [0.4, 0.5) is 5.69 Å². The van der Waals surface area contributed by atoms with Crippen LogP contribution in [0.2, 0.25) is 0 Å². The van der Waals surface area contributed by atoms with E-state index in [9.17, 15) is 14.7 Å². The van der Waals surface area contributed by atoms with Gasteiger partial charge in [0.05, 0.1) is 6.10 Å². The summed E-state index contributed by atoms with van der Waals surface area (Å²) in [4.78, 5) is 23.3. The molecule has 104 valence electrons. The number of rotatable bonds is 3. The standard InChI is InChI=1S/C14H15N3O3/c1-9(18)10-5-3-4-6-11(10)15-14(20)12-7-8-13(19)17(2)16-12/h3-9,18H,1-2H3,(H,15,20). The molecule has 0 radical (unpaired) electrons. The van der Waals surface area contributed by atoms with Gasteiger partial charge in [-0.05, 0) is 19.1 Å². The first-order valence-corrected chi connectivity index (χ1v) is 6.11. The first-order valence-electron chi connectivity index (χ1n) is 6.11. The van der Waals surface area contributed by atoms with E-state index >= 15 is 0 Å². The van der Waals surface area contributed by atoms with Crippen molar-refractivity contribution in [1.82, 2.24) is 9.78 Å². The molecule has 0 aliphatic heterocycles. The van der Waals surface area contributed by atoms with Gasteiger partial charge in [0.1, 0.15) is 5.69 Å². The van der Waals surface area contributed by atoms with Gasteiger partial charge in [0, 0.05) is 24.4 Å². The maximum absolute atomic E-state index is 12.1. The first-order chi connectivity index (χ1) is 9.49. The monoisotopic (exact) mass is 273 g/mol. The molecular formula is C14H15N3O3. The second-order valence-corrected chi connectivity index (χ2v) is 4.40. The zero-order valence-corrected chi connectivity index (χ0v) is 11.2. The predicted molar refractivity (Wildman–Crippen MR) is 74.5 cm³/mol. The van der Waals surface area contributed by atoms with Gasteiger partial charge in [0.2, 0.25) is 0 Å². The normalized spacial score (nSPS) is 11.9. The number of carbonyl (C=O) groups is 1. The van der Waals surface area contributed by atoms with Crippen molar-refractivity contribution < 1.29 is 9.90 Å². The molecule has 0 aliphatic rings. The summed E-state index contributed by atoms with van der Waals surface area (Å²) in [6, 6.07) is 9.61. The Bertz CT molecular complexity index is 692. The summed E-state index contributed by atoms with van der Waals surface area (Å²) in [5.41, 5.74) is 0.979. The highest BCUT2D eigenvalue weighted by Gasteiger charge is 2.13. The molecule has 0 saturated heterocycles. The van der Waals surface area contributed by atoms with E-state index in [1.165, 1.54) is 19.2 Å². The topological polar surface area (TPSA) is 84.2 Å². The molecule has 1 unspecified atom stereocenters. The fraction of sp³-hybridized carbons (Fsp3) is 0.214. The van der Waals surface area contributed by atoms with Gasteiger partial charge in [0.25, 0.3) is 11.5 Å². The number of aromatic nitrogens is 2. The highest BCUT2D eigenvalue weighted by Crippen LogP contribution is 2.22. The van der Waals surface area contributed by atoms with Crippen LogP contribution in [0, 0.1) is 0 Å². The molecule has 2 aromatic rings. The molecule has 0 spiro atoms. The molecule has 2 rings (SSSR count). The Morgan fingerprint density at radius 2 is 2.00 bits per heavy atom. The van der Waals surface area contributed by atoms with E-state index in [4.69, 9.17) is 0 Å². The lowest BCUT2D eigenvalue weighted by atomic mass is 10.1. The minimum atomic E-state index is -0.695. The predicted octanol–water partition coefficient (Wildman–Crippen LogP) is 1.09. The summed E-state index contributed by atoms with van der Waals surface area (Å²) in [6.07, 6.45) is -0.695. The zero-order valence-electron chi connectivity index (χ0n) is 11.2. The number of aryl methyl sites for hydroxylation is 1. The molecule has 6 nitrogen and oxygen atoms in total. The van der Waals surface area contributed by atoms with Crippen LogP contribution in [-0.4, -0.2) is 20.8 Å². The molecule has 20 heavy (non-hydrogen) atoms. The van der Waals surface area contributed by atoms with E-state index in [2.05, 4.69) is 10.4 Å². The van der Waals surface area contributed by atoms with Crippen LogP contribution < -0.4 is 10.9 Å². The third-order valence-corrected chi connectivity index (χ3v) is 2.85. The Balaban J connectivity index is 2.28. The first kappa shape index (κ1) is 14.0. The summed E-state index contributed by atoms with van der Waals surface area (Å²) >= 11 is 0. The van der Waals surface area contributed by atoms with Crippen molar-refractivity contribution in [3.05, 3.63) is 58.0 Å². The highest BCUT2D eigenvalue weighted by atomic mass is 16.3. The maximum Gasteiger partial charge on any atom is 0.276 e. The largest absolute Gasteiger partial charge is 0.389 e. The lowest BCUT2D eigenvalue weighted by Crippen LogP contribution is -2.24. The average Bonchev–Trinajstić information content (AvgIpc) is 2.42. The molecule has 2 N–H and O–H groups in total. The van der Waals surface area contributed by atoms with Crippen LogP contribution in [0.15, 0.2) is 41.2 Å². The van der Waals surface area contributed by atoms with Crippen molar-refractivity contribution in [2.45, 2.75) is 13.0 Å². The average molecular weight is 273 g/mol. The second-order valence-electron chi connectivity index (χ2n) is 4.40. The van der Waals surface area contributed by atoms with E-state index in [-0.39, 0.29) is 11.3 Å². The number of benzene rings is 1. The number of carbonyl (C=O) groups excluding carboxylic acids is 1. The minimum absolute atomic E-state index is 0.132. The number of anilines is 1. The molecule has 1 aromatic carbocycles. The molecule has 6 heteroatoms. The molecule has 1 amide bonds. The number of hydrogen-bond donors (Lipinski definition) is 2.